The molecule has 0 radical (unpaired) electrons. The average Bonchev–Trinajstić information content (AvgIpc) is 3.24. The monoisotopic (exact) mass is 772 g/mol. The summed E-state index contributed by atoms with van der Waals surface area (Å²) in [6, 6.07) is 25.7. The number of hydroxylamine groups is 8. The van der Waals surface area contributed by atoms with Crippen molar-refractivity contribution >= 4 is 23.9 Å². The number of rotatable bonds is 12. The Bertz CT molecular complexity index is 1600. The minimum Gasteiger partial charge on any atom is -0.497 e. The first-order chi connectivity index (χ1) is 27.2. The van der Waals surface area contributed by atoms with Gasteiger partial charge in [-0.1, -0.05) is 0 Å². The first kappa shape index (κ1) is 41.0. The zero-order valence-corrected chi connectivity index (χ0v) is 31.6. The van der Waals surface area contributed by atoms with Crippen LogP contribution in [0.3, 0.4) is 0 Å². The fourth-order valence-corrected chi connectivity index (χ4v) is 5.29. The Labute approximate surface area is 324 Å². The molecule has 0 amide bonds. The molecular weight excluding hydrogens is 728 g/mol. The molecule has 5 rings (SSSR count). The third-order valence-corrected chi connectivity index (χ3v) is 8.55. The third-order valence-electron chi connectivity index (χ3n) is 8.55. The van der Waals surface area contributed by atoms with Gasteiger partial charge >= 0.3 is 23.9 Å². The normalized spacial score (nSPS) is 14.9. The molecule has 1 aliphatic heterocycles. The van der Waals surface area contributed by atoms with Gasteiger partial charge in [0.15, 0.2) is 0 Å². The lowest BCUT2D eigenvalue weighted by Crippen LogP contribution is -2.47. The molecule has 56 heavy (non-hydrogen) atoms. The highest BCUT2D eigenvalue weighted by molar-refractivity contribution is 5.90. The molecule has 1 aliphatic rings. The Balaban J connectivity index is 1.38. The van der Waals surface area contributed by atoms with E-state index in [4.69, 9.17) is 38.3 Å². The molecule has 1 saturated heterocycles. The van der Waals surface area contributed by atoms with Gasteiger partial charge in [0, 0.05) is 0 Å². The molecule has 4 aromatic carbocycles. The molecule has 0 bridgehead atoms. The van der Waals surface area contributed by atoms with Gasteiger partial charge in [0.05, 0.1) is 103 Å². The fourth-order valence-electron chi connectivity index (χ4n) is 5.29. The summed E-state index contributed by atoms with van der Waals surface area (Å²) in [7, 11) is 6.09. The van der Waals surface area contributed by atoms with E-state index in [1.54, 1.807) is 97.1 Å². The minimum atomic E-state index is -0.639. The third kappa shape index (κ3) is 11.9. The van der Waals surface area contributed by atoms with Gasteiger partial charge < -0.3 is 38.3 Å². The molecule has 16 heteroatoms. The van der Waals surface area contributed by atoms with Crippen LogP contribution in [0.15, 0.2) is 97.1 Å². The summed E-state index contributed by atoms with van der Waals surface area (Å²) < 4.78 is 20.8. The van der Waals surface area contributed by atoms with Crippen LogP contribution in [0.4, 0.5) is 0 Å². The van der Waals surface area contributed by atoms with Gasteiger partial charge in [-0.2, -0.15) is 0 Å². The molecule has 0 atom stereocenters. The quantitative estimate of drug-likeness (QED) is 0.200. The van der Waals surface area contributed by atoms with Crippen LogP contribution in [0.2, 0.25) is 0 Å². The molecule has 0 N–H and O–H groups in total. The Morgan fingerprint density at radius 2 is 0.482 bits per heavy atom. The smallest absolute Gasteiger partial charge is 0.357 e. The number of nitrogens with zero attached hydrogens (tertiary/aromatic N) is 4. The lowest BCUT2D eigenvalue weighted by Gasteiger charge is -2.31. The van der Waals surface area contributed by atoms with Crippen LogP contribution in [0.25, 0.3) is 0 Å². The van der Waals surface area contributed by atoms with E-state index in [1.807, 2.05) is 0 Å². The second-order valence-corrected chi connectivity index (χ2v) is 12.1. The number of benzene rings is 4. The first-order valence-corrected chi connectivity index (χ1v) is 17.6. The summed E-state index contributed by atoms with van der Waals surface area (Å²) in [5, 5.41) is 5.60. The number of carbonyl (C=O) groups excluding carboxylic acids is 4. The molecule has 0 spiro atoms. The Kier molecular flexibility index (Phi) is 15.0. The second-order valence-electron chi connectivity index (χ2n) is 12.1. The van der Waals surface area contributed by atoms with Gasteiger partial charge in [0.25, 0.3) is 0 Å². The second kappa shape index (κ2) is 20.5. The van der Waals surface area contributed by atoms with Gasteiger partial charge in [-0.05, 0) is 97.1 Å². The van der Waals surface area contributed by atoms with Crippen molar-refractivity contribution in [3.63, 3.8) is 0 Å². The average molecular weight is 773 g/mol. The number of hydrogen-bond donors (Lipinski definition) is 0. The lowest BCUT2D eigenvalue weighted by molar-refractivity contribution is -0.188. The number of hydrogen-bond acceptors (Lipinski definition) is 16. The maximum Gasteiger partial charge on any atom is 0.357 e. The lowest BCUT2D eigenvalue weighted by atomic mass is 10.2. The molecule has 0 aliphatic carbocycles. The van der Waals surface area contributed by atoms with Gasteiger partial charge in [-0.25, -0.2) is 19.2 Å². The van der Waals surface area contributed by atoms with Gasteiger partial charge in [-0.15, -0.1) is 20.3 Å². The van der Waals surface area contributed by atoms with E-state index in [2.05, 4.69) is 0 Å². The maximum atomic E-state index is 13.3. The zero-order chi connectivity index (χ0) is 39.9. The van der Waals surface area contributed by atoms with Crippen LogP contribution in [-0.4, -0.2) is 125 Å². The summed E-state index contributed by atoms with van der Waals surface area (Å²) in [6.45, 7) is 0.474. The number of methoxy groups -OCH3 is 4. The highest BCUT2D eigenvalue weighted by Gasteiger charge is 2.25. The van der Waals surface area contributed by atoms with E-state index in [0.717, 1.165) is 0 Å². The highest BCUT2D eigenvalue weighted by Crippen LogP contribution is 2.17. The molecule has 4 aromatic rings. The van der Waals surface area contributed by atoms with Crippen molar-refractivity contribution in [2.75, 3.05) is 80.8 Å². The molecular formula is C40H44N4O12. The van der Waals surface area contributed by atoms with Gasteiger partial charge in [0.1, 0.15) is 23.0 Å². The van der Waals surface area contributed by atoms with E-state index in [-0.39, 0.29) is 74.6 Å². The summed E-state index contributed by atoms with van der Waals surface area (Å²) >= 11 is 0. The Morgan fingerprint density at radius 1 is 0.321 bits per heavy atom. The zero-order valence-electron chi connectivity index (χ0n) is 31.6. The molecule has 0 unspecified atom stereocenters. The van der Waals surface area contributed by atoms with Crippen molar-refractivity contribution < 1.29 is 57.5 Å². The maximum absolute atomic E-state index is 13.3. The van der Waals surface area contributed by atoms with Crippen LogP contribution in [0.1, 0.15) is 41.4 Å². The summed E-state index contributed by atoms with van der Waals surface area (Å²) in [6.07, 6.45) is 0. The molecule has 1 heterocycles. The van der Waals surface area contributed by atoms with Crippen molar-refractivity contribution in [3.05, 3.63) is 119 Å². The van der Waals surface area contributed by atoms with Crippen LogP contribution in [-0.2, 0) is 19.4 Å². The topological polar surface area (TPSA) is 155 Å². The number of ether oxygens (including phenoxy) is 4. The van der Waals surface area contributed by atoms with Crippen LogP contribution >= 0.6 is 0 Å². The van der Waals surface area contributed by atoms with Crippen LogP contribution in [0.5, 0.6) is 23.0 Å². The van der Waals surface area contributed by atoms with Gasteiger partial charge in [0.2, 0.25) is 0 Å². The van der Waals surface area contributed by atoms with E-state index < -0.39 is 23.9 Å². The Morgan fingerprint density at radius 3 is 0.625 bits per heavy atom. The van der Waals surface area contributed by atoms with E-state index in [0.29, 0.717) is 23.0 Å². The van der Waals surface area contributed by atoms with Crippen molar-refractivity contribution in [2.24, 2.45) is 0 Å². The van der Waals surface area contributed by atoms with E-state index in [9.17, 15) is 19.2 Å². The summed E-state index contributed by atoms with van der Waals surface area (Å²) in [5.74, 6) is -0.277. The molecule has 296 valence electrons. The molecule has 1 fully saturated rings. The number of carbonyl (C=O) groups is 4. The van der Waals surface area contributed by atoms with Crippen molar-refractivity contribution in [1.29, 1.82) is 0 Å². The van der Waals surface area contributed by atoms with Crippen LogP contribution in [0, 0.1) is 0 Å². The fraction of sp³-hybridized carbons (Fsp3) is 0.300. The molecule has 0 saturated carbocycles. The first-order valence-electron chi connectivity index (χ1n) is 17.6. The van der Waals surface area contributed by atoms with E-state index >= 15 is 0 Å². The summed E-state index contributed by atoms with van der Waals surface area (Å²) in [5.41, 5.74) is 1.10. The highest BCUT2D eigenvalue weighted by atomic mass is 16.7. The molecule has 0 aromatic heterocycles. The minimum absolute atomic E-state index is 0.0592. The van der Waals surface area contributed by atoms with E-state index in [1.165, 1.54) is 48.7 Å². The predicted octanol–water partition coefficient (Wildman–Crippen LogP) is 4.33. The summed E-state index contributed by atoms with van der Waals surface area (Å²) in [4.78, 5) is 76.5. The predicted molar refractivity (Wildman–Crippen MR) is 200 cm³/mol. The van der Waals surface area contributed by atoms with Crippen molar-refractivity contribution in [3.8, 4) is 23.0 Å². The van der Waals surface area contributed by atoms with Gasteiger partial charge in [-0.3, -0.25) is 0 Å². The SMILES string of the molecule is COc1ccc(C(=O)ON2CCN(OC(=O)c3ccc(OC)cc3)CCN(OC(=O)c3ccc(OC)cc3)CCN(OC(=O)c3ccc(OC)cc3)CC2)cc1. The molecule has 16 nitrogen and oxygen atoms in total. The van der Waals surface area contributed by atoms with Crippen molar-refractivity contribution in [2.45, 2.75) is 0 Å². The van der Waals surface area contributed by atoms with Crippen molar-refractivity contribution in [1.82, 2.24) is 20.3 Å². The Hall–Kier alpha value is -6.20. The largest absolute Gasteiger partial charge is 0.497 e. The standard InChI is InChI=1S/C40H44N4O12/c1-49-33-13-5-29(6-14-33)37(45)53-41-21-23-42(54-38(46)30-7-15-34(50-2)16-8-30)25-27-44(56-40(48)32-11-19-36(52-4)20-12-32)28-26-43(24-22-41)55-39(47)31-9-17-35(51-3)18-10-31/h5-20H,21-28H2,1-4H3. The van der Waals surface area contributed by atoms with Crippen LogP contribution < -0.4 is 18.9 Å².